The Bertz CT molecular complexity index is 1130. The van der Waals surface area contributed by atoms with Crippen LogP contribution in [0.3, 0.4) is 0 Å². The zero-order chi connectivity index (χ0) is 28.4. The van der Waals surface area contributed by atoms with E-state index in [0.29, 0.717) is 30.6 Å². The molecule has 2 aliphatic rings. The summed E-state index contributed by atoms with van der Waals surface area (Å²) < 4.78 is 24.2. The quantitative estimate of drug-likeness (QED) is 0.274. The Hall–Kier alpha value is -2.82. The third-order valence-electron chi connectivity index (χ3n) is 6.51. The van der Waals surface area contributed by atoms with Crippen molar-refractivity contribution in [3.8, 4) is 0 Å². The lowest BCUT2D eigenvalue weighted by atomic mass is 10.2. The van der Waals surface area contributed by atoms with Gasteiger partial charge in [0.05, 0.1) is 49.2 Å². The summed E-state index contributed by atoms with van der Waals surface area (Å²) >= 11 is 1.72. The smallest absolute Gasteiger partial charge is 0.125 e. The number of nitrogens with zero attached hydrogens (tertiary/aromatic N) is 4. The summed E-state index contributed by atoms with van der Waals surface area (Å²) in [4.78, 5) is 14.7. The van der Waals surface area contributed by atoms with E-state index in [0.717, 1.165) is 56.5 Å². The molecular weight excluding hydrogens is 515 g/mol. The molecule has 0 saturated carbocycles. The molecule has 214 valence electrons. The van der Waals surface area contributed by atoms with Crippen LogP contribution < -0.4 is 21.3 Å². The van der Waals surface area contributed by atoms with E-state index in [-0.39, 0.29) is 17.7 Å². The van der Waals surface area contributed by atoms with Gasteiger partial charge in [0.2, 0.25) is 0 Å². The molecule has 2 saturated heterocycles. The van der Waals surface area contributed by atoms with E-state index in [1.165, 1.54) is 17.0 Å². The fourth-order valence-electron chi connectivity index (χ4n) is 3.99. The van der Waals surface area contributed by atoms with Crippen LogP contribution in [-0.2, 0) is 9.47 Å². The van der Waals surface area contributed by atoms with Crippen LogP contribution in [-0.4, -0.2) is 70.5 Å². The van der Waals surface area contributed by atoms with Gasteiger partial charge in [0.15, 0.2) is 0 Å². The lowest BCUT2D eigenvalue weighted by molar-refractivity contribution is 0.122. The van der Waals surface area contributed by atoms with E-state index in [1.807, 2.05) is 13.8 Å². The number of amidine groups is 2. The van der Waals surface area contributed by atoms with E-state index in [4.69, 9.17) is 20.9 Å². The Labute approximate surface area is 236 Å². The maximum Gasteiger partial charge on any atom is 0.125 e. The second-order valence-corrected chi connectivity index (χ2v) is 10.9. The maximum atomic E-state index is 13.4. The van der Waals surface area contributed by atoms with E-state index >= 15 is 0 Å². The maximum absolute atomic E-state index is 13.4. The molecule has 0 atom stereocenters. The summed E-state index contributed by atoms with van der Waals surface area (Å²) in [5.74, 6) is 1.29. The molecule has 0 aromatic heterocycles. The predicted molar refractivity (Wildman–Crippen MR) is 163 cm³/mol. The van der Waals surface area contributed by atoms with Gasteiger partial charge in [-0.1, -0.05) is 27.7 Å². The zero-order valence-electron chi connectivity index (χ0n) is 23.8. The molecule has 0 bridgehead atoms. The van der Waals surface area contributed by atoms with Gasteiger partial charge < -0.3 is 30.7 Å². The topological polar surface area (TPSA) is 102 Å². The highest BCUT2D eigenvalue weighted by atomic mass is 32.2. The SMILES string of the molecule is CC(C)C(N)=Nc1cc(F)ccc1N1CCOCC1.CSc1ccc(N2CCOCC2)c(N=C(N)C(C)C)c1. The van der Waals surface area contributed by atoms with Crippen LogP contribution in [0.25, 0.3) is 0 Å². The Morgan fingerprint density at radius 1 is 0.769 bits per heavy atom. The van der Waals surface area contributed by atoms with E-state index in [1.54, 1.807) is 17.8 Å². The number of halogens is 1. The van der Waals surface area contributed by atoms with Gasteiger partial charge in [-0.2, -0.15) is 0 Å². The van der Waals surface area contributed by atoms with Crippen LogP contribution in [0.15, 0.2) is 51.3 Å². The summed E-state index contributed by atoms with van der Waals surface area (Å²) in [5.41, 5.74) is 15.5. The highest BCUT2D eigenvalue weighted by Gasteiger charge is 2.17. The number of morpholine rings is 2. The van der Waals surface area contributed by atoms with E-state index < -0.39 is 0 Å². The molecule has 39 heavy (non-hydrogen) atoms. The van der Waals surface area contributed by atoms with Crippen molar-refractivity contribution in [2.75, 3.05) is 68.7 Å². The van der Waals surface area contributed by atoms with Gasteiger partial charge in [0.1, 0.15) is 17.5 Å². The van der Waals surface area contributed by atoms with Crippen molar-refractivity contribution in [3.05, 3.63) is 42.2 Å². The highest BCUT2D eigenvalue weighted by Crippen LogP contribution is 2.34. The first-order valence-electron chi connectivity index (χ1n) is 13.5. The average molecular weight is 559 g/mol. The number of anilines is 2. The van der Waals surface area contributed by atoms with Crippen molar-refractivity contribution >= 4 is 46.2 Å². The Morgan fingerprint density at radius 2 is 1.21 bits per heavy atom. The van der Waals surface area contributed by atoms with Crippen LogP contribution in [0.2, 0.25) is 0 Å². The van der Waals surface area contributed by atoms with Crippen LogP contribution in [0.4, 0.5) is 27.1 Å². The molecular formula is C29H43FN6O2S. The molecule has 2 fully saturated rings. The number of ether oxygens (including phenoxy) is 2. The lowest BCUT2D eigenvalue weighted by Gasteiger charge is -2.30. The minimum Gasteiger partial charge on any atom is -0.387 e. The van der Waals surface area contributed by atoms with Crippen molar-refractivity contribution in [2.24, 2.45) is 33.3 Å². The van der Waals surface area contributed by atoms with Crippen molar-refractivity contribution in [3.63, 3.8) is 0 Å². The van der Waals surface area contributed by atoms with Gasteiger partial charge in [0.25, 0.3) is 0 Å². The first-order chi connectivity index (χ1) is 18.7. The number of nitrogens with two attached hydrogens (primary N) is 2. The molecule has 0 radical (unpaired) electrons. The van der Waals surface area contributed by atoms with Crippen molar-refractivity contribution in [1.29, 1.82) is 0 Å². The Morgan fingerprint density at radius 3 is 1.64 bits per heavy atom. The average Bonchev–Trinajstić information content (AvgIpc) is 2.94. The number of hydrogen-bond donors (Lipinski definition) is 2. The van der Waals surface area contributed by atoms with Gasteiger partial charge in [-0.05, 0) is 36.6 Å². The monoisotopic (exact) mass is 558 g/mol. The van der Waals surface area contributed by atoms with E-state index in [9.17, 15) is 4.39 Å². The van der Waals surface area contributed by atoms with Gasteiger partial charge in [-0.15, -0.1) is 11.8 Å². The van der Waals surface area contributed by atoms with Crippen molar-refractivity contribution in [2.45, 2.75) is 32.6 Å². The first-order valence-corrected chi connectivity index (χ1v) is 14.7. The summed E-state index contributed by atoms with van der Waals surface area (Å²) in [7, 11) is 0. The molecule has 0 unspecified atom stereocenters. The largest absolute Gasteiger partial charge is 0.387 e. The van der Waals surface area contributed by atoms with Crippen LogP contribution in [0.5, 0.6) is 0 Å². The fraction of sp³-hybridized carbons (Fsp3) is 0.517. The van der Waals surface area contributed by atoms with Gasteiger partial charge in [0, 0.05) is 49.0 Å². The van der Waals surface area contributed by atoms with E-state index in [2.05, 4.69) is 58.1 Å². The molecule has 8 nitrogen and oxygen atoms in total. The third kappa shape index (κ3) is 9.12. The normalized spacial score (nSPS) is 16.9. The first kappa shape index (κ1) is 30.7. The van der Waals surface area contributed by atoms with Crippen LogP contribution >= 0.6 is 11.8 Å². The molecule has 2 heterocycles. The Kier molecular flexibility index (Phi) is 11.9. The fourth-order valence-corrected chi connectivity index (χ4v) is 4.42. The van der Waals surface area contributed by atoms with Crippen LogP contribution in [0.1, 0.15) is 27.7 Å². The molecule has 4 N–H and O–H groups in total. The number of benzene rings is 2. The second kappa shape index (κ2) is 15.1. The zero-order valence-corrected chi connectivity index (χ0v) is 24.6. The molecule has 2 aliphatic heterocycles. The number of thioether (sulfide) groups is 1. The minimum absolute atomic E-state index is 0.140. The third-order valence-corrected chi connectivity index (χ3v) is 7.23. The van der Waals surface area contributed by atoms with Crippen molar-refractivity contribution < 1.29 is 13.9 Å². The summed E-state index contributed by atoms with van der Waals surface area (Å²) in [6, 6.07) is 11.0. The van der Waals surface area contributed by atoms with Crippen molar-refractivity contribution in [1.82, 2.24) is 0 Å². The lowest BCUT2D eigenvalue weighted by Crippen LogP contribution is -2.36. The van der Waals surface area contributed by atoms with Gasteiger partial charge in [-0.3, -0.25) is 0 Å². The molecule has 0 amide bonds. The van der Waals surface area contributed by atoms with Gasteiger partial charge >= 0.3 is 0 Å². The molecule has 0 aliphatic carbocycles. The molecule has 0 spiro atoms. The molecule has 2 aromatic rings. The van der Waals surface area contributed by atoms with Crippen LogP contribution in [0, 0.1) is 17.7 Å². The standard InChI is InChI=1S/C15H23N3OS.C14H20FN3O/c1-11(2)15(16)17-13-10-12(20-3)4-5-14(13)18-6-8-19-9-7-18;1-10(2)14(16)17-12-9-11(15)3-4-13(12)18-5-7-19-8-6-18/h4-5,10-11H,6-9H2,1-3H3,(H2,16,17);3-4,9-10H,5-8H2,1-2H3,(H2,16,17). The highest BCUT2D eigenvalue weighted by molar-refractivity contribution is 7.98. The number of aliphatic imine (C=N–C) groups is 2. The summed E-state index contributed by atoms with van der Waals surface area (Å²) in [6.07, 6.45) is 2.07. The predicted octanol–water partition coefficient (Wildman–Crippen LogP) is 5.20. The molecule has 4 rings (SSSR count). The minimum atomic E-state index is -0.299. The van der Waals surface area contributed by atoms with Gasteiger partial charge in [-0.25, -0.2) is 14.4 Å². The summed E-state index contributed by atoms with van der Waals surface area (Å²) in [5, 5.41) is 0. The molecule has 2 aromatic carbocycles. The Balaban J connectivity index is 0.000000216. The summed E-state index contributed by atoms with van der Waals surface area (Å²) in [6.45, 7) is 14.3. The number of rotatable bonds is 7. The molecule has 10 heteroatoms. The second-order valence-electron chi connectivity index (χ2n) is 10.1. The number of hydrogen-bond acceptors (Lipinski definition) is 7.